The summed E-state index contributed by atoms with van der Waals surface area (Å²) in [6.07, 6.45) is 5.67. The van der Waals surface area contributed by atoms with E-state index in [9.17, 15) is 10.1 Å². The Hall–Kier alpha value is -3.46. The minimum absolute atomic E-state index is 0.420. The van der Waals surface area contributed by atoms with Crippen LogP contribution in [0.1, 0.15) is 71.4 Å². The Balaban J connectivity index is 0.000000447. The molecule has 1 fully saturated rings. The Morgan fingerprint density at radius 3 is 2.32 bits per heavy atom. The molecule has 0 atom stereocenters. The number of rotatable bonds is 7. The fourth-order valence-corrected chi connectivity index (χ4v) is 4.29. The predicted molar refractivity (Wildman–Crippen MR) is 139 cm³/mol. The van der Waals surface area contributed by atoms with Crippen LogP contribution in [0, 0.1) is 11.3 Å². The molecule has 1 aliphatic rings. The number of carbonyl (C=O) groups is 1. The van der Waals surface area contributed by atoms with E-state index in [4.69, 9.17) is 10.5 Å². The molecule has 4 rings (SSSR count). The van der Waals surface area contributed by atoms with Crippen LogP contribution in [0.4, 0.5) is 5.69 Å². The molecule has 1 aromatic heterocycles. The molecule has 0 unspecified atom stereocenters. The Morgan fingerprint density at radius 2 is 1.79 bits per heavy atom. The number of nitrogens with two attached hydrogens (primary N) is 1. The van der Waals surface area contributed by atoms with Crippen molar-refractivity contribution in [2.45, 2.75) is 65.8 Å². The number of nitrogen functional groups attached to an aromatic ring is 1. The average molecular weight is 464 g/mol. The van der Waals surface area contributed by atoms with Crippen LogP contribution in [0.2, 0.25) is 0 Å². The molecule has 0 saturated heterocycles. The van der Waals surface area contributed by atoms with Gasteiger partial charge >= 0.3 is 0 Å². The second-order valence-electron chi connectivity index (χ2n) is 7.84. The van der Waals surface area contributed by atoms with Crippen molar-refractivity contribution < 1.29 is 14.3 Å². The van der Waals surface area contributed by atoms with Crippen molar-refractivity contribution in [3.63, 3.8) is 0 Å². The maximum Gasteiger partial charge on any atom is 0.293 e. The molecule has 0 spiro atoms. The molecule has 2 aromatic carbocycles. The van der Waals surface area contributed by atoms with Crippen molar-refractivity contribution in [1.29, 1.82) is 5.26 Å². The molecule has 1 heterocycles. The molecule has 0 bridgehead atoms. The van der Waals surface area contributed by atoms with Gasteiger partial charge in [0.15, 0.2) is 0 Å². The lowest BCUT2D eigenvalue weighted by molar-refractivity contribution is -0.128. The number of ether oxygens (including phenoxy) is 2. The zero-order valence-corrected chi connectivity index (χ0v) is 20.8. The lowest BCUT2D eigenvalue weighted by atomic mass is 10.1. The zero-order chi connectivity index (χ0) is 24.9. The van der Waals surface area contributed by atoms with Gasteiger partial charge in [-0.25, -0.2) is 0 Å². The number of benzene rings is 2. The van der Waals surface area contributed by atoms with Crippen LogP contribution < -0.4 is 10.5 Å². The first-order chi connectivity index (χ1) is 16.6. The molecule has 6 heteroatoms. The number of hydrogen-bond donors (Lipinski definition) is 1. The maximum absolute atomic E-state index is 9.94. The summed E-state index contributed by atoms with van der Waals surface area (Å²) < 4.78 is 12.4. The van der Waals surface area contributed by atoms with E-state index in [-0.39, 0.29) is 0 Å². The minimum Gasteiger partial charge on any atom is -0.494 e. The SMILES string of the molecule is CC.CCCOC=O.CCOc1ccc2c(C#N)c(-c3ccc(N)cc3)n(C3CCCC3)c2c1. The average Bonchev–Trinajstić information content (AvgIpc) is 3.50. The fourth-order valence-electron chi connectivity index (χ4n) is 4.29. The van der Waals surface area contributed by atoms with Gasteiger partial charge in [0, 0.05) is 23.2 Å². The molecule has 6 nitrogen and oxygen atoms in total. The molecule has 1 saturated carbocycles. The summed E-state index contributed by atoms with van der Waals surface area (Å²) in [5, 5.41) is 10.9. The van der Waals surface area contributed by atoms with Gasteiger partial charge in [0.2, 0.25) is 0 Å². The monoisotopic (exact) mass is 463 g/mol. The van der Waals surface area contributed by atoms with E-state index in [1.807, 2.05) is 64.1 Å². The van der Waals surface area contributed by atoms with E-state index in [2.05, 4.69) is 21.4 Å². The van der Waals surface area contributed by atoms with E-state index >= 15 is 0 Å². The van der Waals surface area contributed by atoms with E-state index < -0.39 is 0 Å². The fraction of sp³-hybridized carbons (Fsp3) is 0.429. The summed E-state index contributed by atoms with van der Waals surface area (Å²) in [6, 6.07) is 16.8. The Morgan fingerprint density at radius 1 is 1.12 bits per heavy atom. The van der Waals surface area contributed by atoms with E-state index in [0.717, 1.165) is 58.4 Å². The van der Waals surface area contributed by atoms with Gasteiger partial charge in [0.25, 0.3) is 6.47 Å². The lowest BCUT2D eigenvalue weighted by Gasteiger charge is -2.18. The Labute approximate surface area is 203 Å². The van der Waals surface area contributed by atoms with Gasteiger partial charge in [0.05, 0.1) is 30.0 Å². The van der Waals surface area contributed by atoms with Crippen molar-refractivity contribution >= 4 is 23.1 Å². The molecule has 1 aliphatic carbocycles. The molecule has 2 N–H and O–H groups in total. The number of anilines is 1. The number of carbonyl (C=O) groups excluding carboxylic acids is 1. The highest BCUT2D eigenvalue weighted by Gasteiger charge is 2.26. The number of nitriles is 1. The van der Waals surface area contributed by atoms with Gasteiger partial charge in [-0.2, -0.15) is 5.26 Å². The van der Waals surface area contributed by atoms with Crippen LogP contribution in [0.3, 0.4) is 0 Å². The summed E-state index contributed by atoms with van der Waals surface area (Å²) in [6.45, 7) is 9.57. The number of fused-ring (bicyclic) bond motifs is 1. The molecule has 0 aliphatic heterocycles. The first-order valence-electron chi connectivity index (χ1n) is 12.3. The summed E-state index contributed by atoms with van der Waals surface area (Å²) in [7, 11) is 0. The van der Waals surface area contributed by atoms with Crippen LogP contribution in [0.15, 0.2) is 42.5 Å². The van der Waals surface area contributed by atoms with Crippen LogP contribution >= 0.6 is 0 Å². The third kappa shape index (κ3) is 6.32. The van der Waals surface area contributed by atoms with Crippen LogP contribution in [-0.2, 0) is 9.53 Å². The predicted octanol–water partition coefficient (Wildman–Crippen LogP) is 6.87. The summed E-state index contributed by atoms with van der Waals surface area (Å²) >= 11 is 0. The smallest absolute Gasteiger partial charge is 0.293 e. The first-order valence-corrected chi connectivity index (χ1v) is 12.3. The molecule has 182 valence electrons. The van der Waals surface area contributed by atoms with E-state index in [0.29, 0.717) is 25.7 Å². The van der Waals surface area contributed by atoms with Gasteiger partial charge in [-0.15, -0.1) is 0 Å². The third-order valence-electron chi connectivity index (χ3n) is 5.66. The molecule has 0 radical (unpaired) electrons. The Bertz CT molecular complexity index is 1070. The highest BCUT2D eigenvalue weighted by molar-refractivity contribution is 5.95. The first kappa shape index (κ1) is 26.8. The lowest BCUT2D eigenvalue weighted by Crippen LogP contribution is -2.07. The number of aromatic nitrogens is 1. The summed E-state index contributed by atoms with van der Waals surface area (Å²) in [5.74, 6) is 0.852. The second kappa shape index (κ2) is 13.9. The van der Waals surface area contributed by atoms with E-state index in [1.165, 1.54) is 12.8 Å². The molecule has 0 amide bonds. The quantitative estimate of drug-likeness (QED) is 0.234. The van der Waals surface area contributed by atoms with Crippen LogP contribution in [-0.4, -0.2) is 24.3 Å². The van der Waals surface area contributed by atoms with Gasteiger partial charge in [0.1, 0.15) is 11.8 Å². The summed E-state index contributed by atoms with van der Waals surface area (Å²) in [5.41, 5.74) is 10.5. The van der Waals surface area contributed by atoms with Crippen molar-refractivity contribution in [2.75, 3.05) is 18.9 Å². The molecular formula is C28H37N3O3. The van der Waals surface area contributed by atoms with Crippen molar-refractivity contribution in [3.8, 4) is 23.1 Å². The number of nitrogens with zero attached hydrogens (tertiary/aromatic N) is 2. The topological polar surface area (TPSA) is 90.3 Å². The van der Waals surface area contributed by atoms with Crippen molar-refractivity contribution in [2.24, 2.45) is 0 Å². The second-order valence-corrected chi connectivity index (χ2v) is 7.84. The highest BCUT2D eigenvalue weighted by atomic mass is 16.5. The zero-order valence-electron chi connectivity index (χ0n) is 20.8. The van der Waals surface area contributed by atoms with Crippen LogP contribution in [0.25, 0.3) is 22.2 Å². The number of hydrogen-bond acceptors (Lipinski definition) is 5. The largest absolute Gasteiger partial charge is 0.494 e. The highest BCUT2D eigenvalue weighted by Crippen LogP contribution is 2.42. The molecule has 3 aromatic rings. The van der Waals surface area contributed by atoms with Gasteiger partial charge in [-0.3, -0.25) is 4.79 Å². The maximum atomic E-state index is 9.94. The minimum atomic E-state index is 0.420. The van der Waals surface area contributed by atoms with Gasteiger partial charge in [-0.1, -0.05) is 45.7 Å². The summed E-state index contributed by atoms with van der Waals surface area (Å²) in [4.78, 5) is 9.34. The van der Waals surface area contributed by atoms with Crippen LogP contribution in [0.5, 0.6) is 5.75 Å². The standard InChI is InChI=1S/C22H23N3O.C4H8O2.C2H6/c1-2-26-18-11-12-19-20(14-23)22(15-7-9-16(24)10-8-15)25(21(19)13-18)17-5-3-4-6-17;1-2-3-6-4-5;1-2/h7-13,17H,2-6,24H2,1H3;4H,2-3H2,1H3;1-2H3. The Kier molecular flexibility index (Phi) is 11.0. The normalized spacial score (nSPS) is 12.7. The van der Waals surface area contributed by atoms with Gasteiger partial charge in [-0.05, 0) is 56.0 Å². The van der Waals surface area contributed by atoms with E-state index in [1.54, 1.807) is 0 Å². The van der Waals surface area contributed by atoms with Gasteiger partial charge < -0.3 is 19.8 Å². The van der Waals surface area contributed by atoms with Crippen molar-refractivity contribution in [1.82, 2.24) is 4.57 Å². The molecular weight excluding hydrogens is 426 g/mol. The van der Waals surface area contributed by atoms with Crippen molar-refractivity contribution in [3.05, 3.63) is 48.0 Å². The molecule has 34 heavy (non-hydrogen) atoms. The third-order valence-corrected chi connectivity index (χ3v) is 5.66.